The van der Waals surface area contributed by atoms with Crippen LogP contribution < -0.4 is 20.5 Å². The van der Waals surface area contributed by atoms with Crippen LogP contribution in [0.5, 0.6) is 11.5 Å². The number of aromatic nitrogens is 3. The summed E-state index contributed by atoms with van der Waals surface area (Å²) in [6.45, 7) is 0. The van der Waals surface area contributed by atoms with Gasteiger partial charge in [-0.2, -0.15) is 5.10 Å². The van der Waals surface area contributed by atoms with E-state index in [9.17, 15) is 9.59 Å². The van der Waals surface area contributed by atoms with Crippen LogP contribution in [0.25, 0.3) is 16.9 Å². The first-order chi connectivity index (χ1) is 14.4. The minimum atomic E-state index is -0.422. The Morgan fingerprint density at radius 1 is 1.10 bits per heavy atom. The molecule has 6 rings (SSSR count). The van der Waals surface area contributed by atoms with Crippen LogP contribution in [0.3, 0.4) is 0 Å². The number of rotatable bonds is 6. The number of primary amides is 1. The number of nitrogens with two attached hydrogens (primary N) is 1. The highest BCUT2D eigenvalue weighted by Gasteiger charge is 2.71. The normalized spacial score (nSPS) is 23.9. The van der Waals surface area contributed by atoms with Crippen LogP contribution in [-0.2, 0) is 4.79 Å². The van der Waals surface area contributed by atoms with E-state index >= 15 is 0 Å². The van der Waals surface area contributed by atoms with E-state index in [1.54, 1.807) is 31.0 Å². The van der Waals surface area contributed by atoms with Crippen molar-refractivity contribution in [2.75, 3.05) is 14.2 Å². The van der Waals surface area contributed by atoms with Gasteiger partial charge in [0.2, 0.25) is 5.91 Å². The average Bonchev–Trinajstić information content (AvgIpc) is 3.13. The standard InChI is InChI=1S/C21H21N5O4/c1-29-15-4-3-12(7-16(15)30-2)14-5-6-23-17-8-13(25-26(14)17)18(27)24-21-9-20(10-21,11-21)19(22)28/h3-8H,9-11H2,1-2H3,(H2,22,28)(H,24,27). The molecule has 9 nitrogen and oxygen atoms in total. The Balaban J connectivity index is 1.43. The highest BCUT2D eigenvalue weighted by atomic mass is 16.5. The number of benzene rings is 1. The Kier molecular flexibility index (Phi) is 3.80. The molecule has 2 bridgehead atoms. The van der Waals surface area contributed by atoms with E-state index in [1.165, 1.54) is 0 Å². The molecule has 0 radical (unpaired) electrons. The maximum Gasteiger partial charge on any atom is 0.272 e. The second kappa shape index (κ2) is 6.19. The van der Waals surface area contributed by atoms with Crippen molar-refractivity contribution < 1.29 is 19.1 Å². The lowest BCUT2D eigenvalue weighted by Crippen LogP contribution is -2.78. The SMILES string of the molecule is COc1ccc(-c2ccnc3cc(C(=O)NC45CC(C(N)=O)(C4)C5)nn23)cc1OC. The van der Waals surface area contributed by atoms with Gasteiger partial charge in [-0.3, -0.25) is 9.59 Å². The smallest absolute Gasteiger partial charge is 0.272 e. The highest BCUT2D eigenvalue weighted by Crippen LogP contribution is 2.67. The second-order valence-corrected chi connectivity index (χ2v) is 8.11. The van der Waals surface area contributed by atoms with Crippen molar-refractivity contribution in [2.45, 2.75) is 24.8 Å². The number of hydrogen-bond acceptors (Lipinski definition) is 6. The monoisotopic (exact) mass is 407 g/mol. The molecule has 2 amide bonds. The maximum absolute atomic E-state index is 12.8. The van der Waals surface area contributed by atoms with Gasteiger partial charge < -0.3 is 20.5 Å². The van der Waals surface area contributed by atoms with Crippen molar-refractivity contribution in [2.24, 2.45) is 11.1 Å². The lowest BCUT2D eigenvalue weighted by molar-refractivity contribution is -0.174. The molecule has 9 heteroatoms. The van der Waals surface area contributed by atoms with Crippen LogP contribution in [0, 0.1) is 5.41 Å². The van der Waals surface area contributed by atoms with Crippen LogP contribution in [0.4, 0.5) is 0 Å². The van der Waals surface area contributed by atoms with Gasteiger partial charge in [-0.05, 0) is 43.5 Å². The van der Waals surface area contributed by atoms with Crippen LogP contribution in [-0.4, -0.2) is 46.2 Å². The molecule has 3 aliphatic carbocycles. The summed E-state index contributed by atoms with van der Waals surface area (Å²) < 4.78 is 12.3. The van der Waals surface area contributed by atoms with Gasteiger partial charge >= 0.3 is 0 Å². The topological polar surface area (TPSA) is 121 Å². The van der Waals surface area contributed by atoms with Crippen LogP contribution in [0.2, 0.25) is 0 Å². The molecule has 0 spiro atoms. The number of nitrogens with zero attached hydrogens (tertiary/aromatic N) is 3. The predicted octanol–water partition coefficient (Wildman–Crippen LogP) is 1.55. The number of carbonyl (C=O) groups excluding carboxylic acids is 2. The summed E-state index contributed by atoms with van der Waals surface area (Å²) in [7, 11) is 3.16. The van der Waals surface area contributed by atoms with Crippen molar-refractivity contribution in [1.82, 2.24) is 19.9 Å². The molecule has 2 aromatic heterocycles. The summed E-state index contributed by atoms with van der Waals surface area (Å²) in [4.78, 5) is 28.6. The third-order valence-corrected chi connectivity index (χ3v) is 6.20. The zero-order valence-electron chi connectivity index (χ0n) is 16.6. The highest BCUT2D eigenvalue weighted by molar-refractivity contribution is 5.95. The Labute approximate surface area is 172 Å². The van der Waals surface area contributed by atoms with Crippen molar-refractivity contribution >= 4 is 17.5 Å². The minimum absolute atomic E-state index is 0.272. The van der Waals surface area contributed by atoms with Gasteiger partial charge in [-0.15, -0.1) is 0 Å². The summed E-state index contributed by atoms with van der Waals surface area (Å²) in [6, 6.07) is 9.02. The molecule has 3 aliphatic rings. The zero-order valence-corrected chi connectivity index (χ0v) is 16.6. The van der Waals surface area contributed by atoms with E-state index in [0.717, 1.165) is 11.3 Å². The first-order valence-corrected chi connectivity index (χ1v) is 9.58. The second-order valence-electron chi connectivity index (χ2n) is 8.11. The van der Waals surface area contributed by atoms with Gasteiger partial charge in [-0.1, -0.05) is 0 Å². The molecule has 2 heterocycles. The molecule has 3 fully saturated rings. The molecular weight excluding hydrogens is 386 g/mol. The molecule has 0 atom stereocenters. The lowest BCUT2D eigenvalue weighted by atomic mass is 9.39. The molecule has 154 valence electrons. The van der Waals surface area contributed by atoms with E-state index < -0.39 is 5.41 Å². The van der Waals surface area contributed by atoms with E-state index in [4.69, 9.17) is 15.2 Å². The first-order valence-electron chi connectivity index (χ1n) is 9.58. The quantitative estimate of drug-likeness (QED) is 0.640. The molecular formula is C21H21N5O4. The van der Waals surface area contributed by atoms with E-state index in [-0.39, 0.29) is 23.0 Å². The molecule has 30 heavy (non-hydrogen) atoms. The van der Waals surface area contributed by atoms with Crippen LogP contribution in [0.1, 0.15) is 29.8 Å². The van der Waals surface area contributed by atoms with Crippen molar-refractivity contribution in [1.29, 1.82) is 0 Å². The largest absolute Gasteiger partial charge is 0.493 e. The fourth-order valence-electron chi connectivity index (χ4n) is 4.71. The summed E-state index contributed by atoms with van der Waals surface area (Å²) in [6.07, 6.45) is 3.47. The third-order valence-electron chi connectivity index (χ3n) is 6.20. The van der Waals surface area contributed by atoms with Gasteiger partial charge in [0.25, 0.3) is 5.91 Å². The maximum atomic E-state index is 12.8. The summed E-state index contributed by atoms with van der Waals surface area (Å²) in [5.74, 6) is 0.656. The molecule has 3 saturated carbocycles. The predicted molar refractivity (Wildman–Crippen MR) is 107 cm³/mol. The number of nitrogens with one attached hydrogen (secondary N) is 1. The molecule has 3 N–H and O–H groups in total. The van der Waals surface area contributed by atoms with E-state index in [0.29, 0.717) is 36.4 Å². The Morgan fingerprint density at radius 2 is 1.83 bits per heavy atom. The van der Waals surface area contributed by atoms with Crippen molar-refractivity contribution in [3.63, 3.8) is 0 Å². The van der Waals surface area contributed by atoms with Crippen molar-refractivity contribution in [3.05, 3.63) is 42.2 Å². The average molecular weight is 407 g/mol. The summed E-state index contributed by atoms with van der Waals surface area (Å²) >= 11 is 0. The summed E-state index contributed by atoms with van der Waals surface area (Å²) in [5.41, 5.74) is 7.12. The van der Waals surface area contributed by atoms with Gasteiger partial charge in [0.05, 0.1) is 25.3 Å². The fourth-order valence-corrected chi connectivity index (χ4v) is 4.71. The van der Waals surface area contributed by atoms with Crippen molar-refractivity contribution in [3.8, 4) is 22.8 Å². The number of ether oxygens (including phenoxy) is 2. The minimum Gasteiger partial charge on any atom is -0.493 e. The number of amides is 2. The van der Waals surface area contributed by atoms with Gasteiger partial charge in [0.1, 0.15) is 0 Å². The molecule has 0 saturated heterocycles. The van der Waals surface area contributed by atoms with Gasteiger partial charge in [0.15, 0.2) is 22.8 Å². The molecule has 1 aromatic carbocycles. The number of hydrogen-bond donors (Lipinski definition) is 2. The Hall–Kier alpha value is -3.62. The van der Waals surface area contributed by atoms with Crippen LogP contribution in [0.15, 0.2) is 36.5 Å². The molecule has 0 aliphatic heterocycles. The van der Waals surface area contributed by atoms with E-state index in [1.807, 2.05) is 24.3 Å². The fraction of sp³-hybridized carbons (Fsp3) is 0.333. The summed E-state index contributed by atoms with van der Waals surface area (Å²) in [5, 5.41) is 7.50. The first kappa shape index (κ1) is 18.4. The third kappa shape index (κ3) is 2.54. The Morgan fingerprint density at radius 3 is 2.50 bits per heavy atom. The van der Waals surface area contributed by atoms with Gasteiger partial charge in [0, 0.05) is 23.4 Å². The number of carbonyl (C=O) groups is 2. The van der Waals surface area contributed by atoms with E-state index in [2.05, 4.69) is 15.4 Å². The number of methoxy groups -OCH3 is 2. The number of fused-ring (bicyclic) bond motifs is 1. The van der Waals surface area contributed by atoms with Crippen LogP contribution >= 0.6 is 0 Å². The zero-order chi connectivity index (χ0) is 21.1. The molecule has 3 aromatic rings. The Bertz CT molecular complexity index is 1180. The van der Waals surface area contributed by atoms with Gasteiger partial charge in [-0.25, -0.2) is 9.50 Å². The lowest BCUT2D eigenvalue weighted by Gasteiger charge is -2.68. The molecule has 0 unspecified atom stereocenters.